The van der Waals surface area contributed by atoms with E-state index in [4.69, 9.17) is 27.9 Å². The van der Waals surface area contributed by atoms with Gasteiger partial charge < -0.3 is 9.72 Å². The van der Waals surface area contributed by atoms with Crippen molar-refractivity contribution in [3.05, 3.63) is 69.8 Å². The van der Waals surface area contributed by atoms with E-state index in [-0.39, 0.29) is 0 Å². The summed E-state index contributed by atoms with van der Waals surface area (Å²) in [6, 6.07) is 12.4. The quantitative estimate of drug-likeness (QED) is 0.520. The van der Waals surface area contributed by atoms with E-state index in [0.29, 0.717) is 22.0 Å². The molecule has 4 nitrogen and oxygen atoms in total. The van der Waals surface area contributed by atoms with Crippen molar-refractivity contribution in [2.75, 3.05) is 7.11 Å². The van der Waals surface area contributed by atoms with Crippen molar-refractivity contribution in [1.82, 2.24) is 4.98 Å². The van der Waals surface area contributed by atoms with Gasteiger partial charge in [0.1, 0.15) is 0 Å². The van der Waals surface area contributed by atoms with E-state index in [0.717, 1.165) is 16.5 Å². The maximum Gasteiger partial charge on any atom is 0.330 e. The Hall–Kier alpha value is -2.30. The molecule has 1 atom stereocenters. The van der Waals surface area contributed by atoms with E-state index in [1.54, 1.807) is 24.4 Å². The number of hydrogen-bond acceptors (Lipinski definition) is 3. The topological polar surface area (TPSA) is 54.5 Å². The molecule has 0 bridgehead atoms. The van der Waals surface area contributed by atoms with E-state index in [1.807, 2.05) is 30.5 Å². The van der Waals surface area contributed by atoms with Crippen molar-refractivity contribution in [2.45, 2.75) is 12.5 Å². The minimum Gasteiger partial charge on any atom is -0.467 e. The minimum atomic E-state index is -0.657. The van der Waals surface area contributed by atoms with Crippen LogP contribution in [0.3, 0.4) is 0 Å². The van der Waals surface area contributed by atoms with E-state index < -0.39 is 12.0 Å². The summed E-state index contributed by atoms with van der Waals surface area (Å²) in [6.07, 6.45) is 3.90. The zero-order valence-electron chi connectivity index (χ0n) is 13.5. The predicted octanol–water partition coefficient (Wildman–Crippen LogP) is 4.68. The standard InChI is InChI=1S/C19H16Cl2N2O2/c1-25-19(24)18(23-10-12-6-7-14(20)9-16(12)21)8-13-11-22-17-5-3-2-4-15(13)17/h2-7,9-11,18,22H,8H2,1H3/t18-/m1/s1. The molecule has 0 aliphatic carbocycles. The van der Waals surface area contributed by atoms with Gasteiger partial charge in [-0.25, -0.2) is 4.79 Å². The van der Waals surface area contributed by atoms with Crippen LogP contribution < -0.4 is 0 Å². The highest BCUT2D eigenvalue weighted by molar-refractivity contribution is 6.36. The third-order valence-corrected chi connectivity index (χ3v) is 4.48. The summed E-state index contributed by atoms with van der Waals surface area (Å²) in [6.45, 7) is 0. The van der Waals surface area contributed by atoms with Gasteiger partial charge in [-0.1, -0.05) is 47.5 Å². The van der Waals surface area contributed by atoms with Crippen LogP contribution in [-0.2, 0) is 16.0 Å². The highest BCUT2D eigenvalue weighted by Crippen LogP contribution is 2.22. The molecule has 128 valence electrons. The van der Waals surface area contributed by atoms with Gasteiger partial charge in [0.2, 0.25) is 0 Å². The molecule has 0 aliphatic rings. The van der Waals surface area contributed by atoms with E-state index in [2.05, 4.69) is 9.98 Å². The van der Waals surface area contributed by atoms with Gasteiger partial charge in [-0.3, -0.25) is 4.99 Å². The molecule has 0 amide bonds. The molecule has 0 saturated heterocycles. The first-order chi connectivity index (χ1) is 12.1. The van der Waals surface area contributed by atoms with Crippen molar-refractivity contribution in [3.8, 4) is 0 Å². The highest BCUT2D eigenvalue weighted by Gasteiger charge is 2.20. The first kappa shape index (κ1) is 17.5. The average molecular weight is 375 g/mol. The smallest absolute Gasteiger partial charge is 0.330 e. The second-order valence-electron chi connectivity index (χ2n) is 5.55. The lowest BCUT2D eigenvalue weighted by atomic mass is 10.1. The molecule has 1 aromatic heterocycles. The number of halogens is 2. The first-order valence-electron chi connectivity index (χ1n) is 7.69. The second-order valence-corrected chi connectivity index (χ2v) is 6.39. The molecule has 0 saturated carbocycles. The van der Waals surface area contributed by atoms with Crippen LogP contribution in [0.5, 0.6) is 0 Å². The van der Waals surface area contributed by atoms with Crippen LogP contribution in [0.2, 0.25) is 10.0 Å². The number of H-pyrrole nitrogens is 1. The number of aliphatic imine (C=N–C) groups is 1. The van der Waals surface area contributed by atoms with Crippen molar-refractivity contribution in [1.29, 1.82) is 0 Å². The van der Waals surface area contributed by atoms with Gasteiger partial charge in [0.15, 0.2) is 6.04 Å². The van der Waals surface area contributed by atoms with Crippen LogP contribution in [0.25, 0.3) is 10.9 Å². The summed E-state index contributed by atoms with van der Waals surface area (Å²) in [7, 11) is 1.36. The third-order valence-electron chi connectivity index (χ3n) is 3.92. The lowest BCUT2D eigenvalue weighted by Gasteiger charge is -2.10. The van der Waals surface area contributed by atoms with Crippen molar-refractivity contribution in [2.24, 2.45) is 4.99 Å². The lowest BCUT2D eigenvalue weighted by molar-refractivity contribution is -0.142. The molecule has 25 heavy (non-hydrogen) atoms. The van der Waals surface area contributed by atoms with E-state index >= 15 is 0 Å². The normalized spacial score (nSPS) is 12.6. The number of methoxy groups -OCH3 is 1. The van der Waals surface area contributed by atoms with E-state index in [1.165, 1.54) is 7.11 Å². The number of benzene rings is 2. The van der Waals surface area contributed by atoms with Crippen LogP contribution in [0.4, 0.5) is 0 Å². The third kappa shape index (κ3) is 4.03. The molecule has 0 radical (unpaired) electrons. The molecule has 2 aromatic carbocycles. The van der Waals surface area contributed by atoms with Crippen LogP contribution in [0.1, 0.15) is 11.1 Å². The molecule has 1 heterocycles. The van der Waals surface area contributed by atoms with Crippen LogP contribution >= 0.6 is 23.2 Å². The van der Waals surface area contributed by atoms with Gasteiger partial charge >= 0.3 is 5.97 Å². The molecule has 0 spiro atoms. The summed E-state index contributed by atoms with van der Waals surface area (Å²) >= 11 is 12.0. The Morgan fingerprint density at radius 2 is 2.08 bits per heavy atom. The van der Waals surface area contributed by atoms with Crippen LogP contribution in [-0.4, -0.2) is 30.3 Å². The maximum atomic E-state index is 12.1. The van der Waals surface area contributed by atoms with Crippen molar-refractivity contribution >= 4 is 46.3 Å². The van der Waals surface area contributed by atoms with Gasteiger partial charge in [0.25, 0.3) is 0 Å². The zero-order chi connectivity index (χ0) is 17.8. The molecule has 0 fully saturated rings. The summed E-state index contributed by atoms with van der Waals surface area (Å²) in [5.41, 5.74) is 2.72. The monoisotopic (exact) mass is 374 g/mol. The number of nitrogens with one attached hydrogen (secondary N) is 1. The Balaban J connectivity index is 1.87. The molecule has 0 unspecified atom stereocenters. The Morgan fingerprint density at radius 3 is 2.84 bits per heavy atom. The van der Waals surface area contributed by atoms with Gasteiger partial charge in [0, 0.05) is 40.3 Å². The fourth-order valence-electron chi connectivity index (χ4n) is 2.62. The lowest BCUT2D eigenvalue weighted by Crippen LogP contribution is -2.23. The van der Waals surface area contributed by atoms with Crippen molar-refractivity contribution < 1.29 is 9.53 Å². The number of carbonyl (C=O) groups excluding carboxylic acids is 1. The largest absolute Gasteiger partial charge is 0.467 e. The van der Waals surface area contributed by atoms with Crippen LogP contribution in [0.15, 0.2) is 53.7 Å². The number of hydrogen-bond donors (Lipinski definition) is 1. The predicted molar refractivity (Wildman–Crippen MR) is 102 cm³/mol. The molecule has 6 heteroatoms. The molecular formula is C19H16Cl2N2O2. The van der Waals surface area contributed by atoms with Gasteiger partial charge in [-0.15, -0.1) is 0 Å². The van der Waals surface area contributed by atoms with Gasteiger partial charge in [-0.05, 0) is 23.8 Å². The zero-order valence-corrected chi connectivity index (χ0v) is 15.0. The van der Waals surface area contributed by atoms with E-state index in [9.17, 15) is 4.79 Å². The Morgan fingerprint density at radius 1 is 1.28 bits per heavy atom. The Bertz CT molecular complexity index is 934. The summed E-state index contributed by atoms with van der Waals surface area (Å²) < 4.78 is 4.89. The molecule has 1 N–H and O–H groups in total. The van der Waals surface area contributed by atoms with Crippen molar-refractivity contribution in [3.63, 3.8) is 0 Å². The highest BCUT2D eigenvalue weighted by atomic mass is 35.5. The number of esters is 1. The number of ether oxygens (including phenoxy) is 1. The number of aromatic nitrogens is 1. The molecule has 3 aromatic rings. The minimum absolute atomic E-state index is 0.397. The Labute approximate surface area is 155 Å². The average Bonchev–Trinajstić information content (AvgIpc) is 3.02. The number of para-hydroxylation sites is 1. The summed E-state index contributed by atoms with van der Waals surface area (Å²) in [4.78, 5) is 19.7. The Kier molecular flexibility index (Phi) is 5.41. The summed E-state index contributed by atoms with van der Waals surface area (Å²) in [5.74, 6) is -0.397. The number of aromatic amines is 1. The second kappa shape index (κ2) is 7.72. The number of nitrogens with zero attached hydrogens (tertiary/aromatic N) is 1. The number of rotatable bonds is 5. The fourth-order valence-corrected chi connectivity index (χ4v) is 3.08. The fraction of sp³-hybridized carbons (Fsp3) is 0.158. The number of carbonyl (C=O) groups is 1. The molecular weight excluding hydrogens is 359 g/mol. The SMILES string of the molecule is COC(=O)[C@@H](Cc1c[nH]c2ccccc12)N=Cc1ccc(Cl)cc1Cl. The van der Waals surface area contributed by atoms with Crippen LogP contribution in [0, 0.1) is 0 Å². The maximum absolute atomic E-state index is 12.1. The summed E-state index contributed by atoms with van der Waals surface area (Å²) in [5, 5.41) is 2.09. The molecule has 0 aliphatic heterocycles. The first-order valence-corrected chi connectivity index (χ1v) is 8.45. The number of fused-ring (bicyclic) bond motifs is 1. The molecule has 3 rings (SSSR count). The van der Waals surface area contributed by atoms with Gasteiger partial charge in [-0.2, -0.15) is 0 Å². The van der Waals surface area contributed by atoms with Gasteiger partial charge in [0.05, 0.1) is 12.1 Å².